The molecule has 4 nitrogen and oxygen atoms in total. The van der Waals surface area contributed by atoms with Gasteiger partial charge in [-0.2, -0.15) is 0 Å². The number of carbonyl (C=O) groups excluding carboxylic acids is 1. The van der Waals surface area contributed by atoms with Crippen LogP contribution in [0.4, 0.5) is 5.69 Å². The number of anilines is 1. The number of esters is 1. The molecule has 1 rings (SSSR count). The van der Waals surface area contributed by atoms with Crippen molar-refractivity contribution in [3.05, 3.63) is 23.2 Å². The molecule has 0 bridgehead atoms. The van der Waals surface area contributed by atoms with E-state index in [1.807, 2.05) is 6.92 Å². The molecule has 1 aromatic rings. The third kappa shape index (κ3) is 3.82. The van der Waals surface area contributed by atoms with Crippen LogP contribution in [-0.4, -0.2) is 18.7 Å². The van der Waals surface area contributed by atoms with E-state index in [4.69, 9.17) is 26.8 Å². The fourth-order valence-corrected chi connectivity index (χ4v) is 1.45. The highest BCUT2D eigenvalue weighted by Crippen LogP contribution is 2.25. The van der Waals surface area contributed by atoms with Crippen molar-refractivity contribution in [1.82, 2.24) is 0 Å². The van der Waals surface area contributed by atoms with Crippen LogP contribution in [-0.2, 0) is 9.53 Å². The molecule has 1 unspecified atom stereocenters. The van der Waals surface area contributed by atoms with Gasteiger partial charge in [-0.3, -0.25) is 0 Å². The Morgan fingerprint density at radius 1 is 1.47 bits per heavy atom. The number of hydrogen-bond donors (Lipinski definition) is 1. The molecule has 0 aliphatic rings. The van der Waals surface area contributed by atoms with Crippen molar-refractivity contribution < 1.29 is 14.3 Å². The van der Waals surface area contributed by atoms with Crippen LogP contribution in [0.5, 0.6) is 5.75 Å². The Labute approximate surface area is 106 Å². The van der Waals surface area contributed by atoms with Crippen LogP contribution in [0.3, 0.4) is 0 Å². The van der Waals surface area contributed by atoms with Gasteiger partial charge in [0.1, 0.15) is 5.75 Å². The van der Waals surface area contributed by atoms with E-state index in [1.54, 1.807) is 25.1 Å². The first-order valence-electron chi connectivity index (χ1n) is 5.46. The van der Waals surface area contributed by atoms with Gasteiger partial charge in [-0.15, -0.1) is 0 Å². The molecule has 0 aliphatic carbocycles. The van der Waals surface area contributed by atoms with E-state index < -0.39 is 6.10 Å². The van der Waals surface area contributed by atoms with Gasteiger partial charge in [0, 0.05) is 6.07 Å². The molecule has 5 heteroatoms. The number of nitrogens with two attached hydrogens (primary N) is 1. The molecule has 0 aromatic heterocycles. The van der Waals surface area contributed by atoms with Gasteiger partial charge in [0.2, 0.25) is 0 Å². The lowest BCUT2D eigenvalue weighted by Gasteiger charge is -2.16. The monoisotopic (exact) mass is 257 g/mol. The molecule has 1 atom stereocenters. The maximum atomic E-state index is 11.5. The predicted octanol–water partition coefficient (Wildman–Crippen LogP) is 2.64. The zero-order valence-electron chi connectivity index (χ0n) is 9.90. The Hall–Kier alpha value is -1.42. The topological polar surface area (TPSA) is 61.5 Å². The van der Waals surface area contributed by atoms with Crippen LogP contribution >= 0.6 is 11.6 Å². The van der Waals surface area contributed by atoms with Gasteiger partial charge in [-0.05, 0) is 25.5 Å². The maximum Gasteiger partial charge on any atom is 0.347 e. The largest absolute Gasteiger partial charge is 0.479 e. The van der Waals surface area contributed by atoms with Crippen molar-refractivity contribution in [1.29, 1.82) is 0 Å². The fraction of sp³-hybridized carbons (Fsp3) is 0.417. The van der Waals surface area contributed by atoms with Crippen LogP contribution in [0.15, 0.2) is 18.2 Å². The SMILES string of the molecule is CCOC(=O)C(CC)Oc1ccc(N)c(Cl)c1. The van der Waals surface area contributed by atoms with E-state index in [-0.39, 0.29) is 5.97 Å². The lowest BCUT2D eigenvalue weighted by molar-refractivity contribution is -0.151. The molecule has 0 aliphatic heterocycles. The van der Waals surface area contributed by atoms with Crippen LogP contribution in [0.25, 0.3) is 0 Å². The van der Waals surface area contributed by atoms with Crippen LogP contribution in [0, 0.1) is 0 Å². The van der Waals surface area contributed by atoms with E-state index >= 15 is 0 Å². The second-order valence-electron chi connectivity index (χ2n) is 3.45. The van der Waals surface area contributed by atoms with Crippen molar-refractivity contribution in [2.24, 2.45) is 0 Å². The van der Waals surface area contributed by atoms with E-state index in [9.17, 15) is 4.79 Å². The molecule has 0 heterocycles. The summed E-state index contributed by atoms with van der Waals surface area (Å²) in [6.45, 7) is 3.94. The molecular weight excluding hydrogens is 242 g/mol. The summed E-state index contributed by atoms with van der Waals surface area (Å²) in [6.07, 6.45) is -0.0875. The Morgan fingerprint density at radius 2 is 2.18 bits per heavy atom. The molecule has 0 spiro atoms. The lowest BCUT2D eigenvalue weighted by Crippen LogP contribution is -2.28. The average molecular weight is 258 g/mol. The van der Waals surface area contributed by atoms with Crippen LogP contribution in [0.1, 0.15) is 20.3 Å². The van der Waals surface area contributed by atoms with Gasteiger partial charge in [0.25, 0.3) is 0 Å². The molecule has 0 amide bonds. The summed E-state index contributed by atoms with van der Waals surface area (Å²) in [5, 5.41) is 0.404. The first kappa shape index (κ1) is 13.6. The minimum atomic E-state index is -0.616. The van der Waals surface area contributed by atoms with Crippen molar-refractivity contribution in [2.75, 3.05) is 12.3 Å². The number of halogens is 1. The van der Waals surface area contributed by atoms with Crippen molar-refractivity contribution in [2.45, 2.75) is 26.4 Å². The van der Waals surface area contributed by atoms with Gasteiger partial charge in [0.05, 0.1) is 17.3 Å². The molecule has 94 valence electrons. The summed E-state index contributed by atoms with van der Waals surface area (Å²) in [5.74, 6) is 0.132. The van der Waals surface area contributed by atoms with Gasteiger partial charge in [0.15, 0.2) is 6.10 Å². The molecule has 0 radical (unpaired) electrons. The fourth-order valence-electron chi connectivity index (χ4n) is 1.28. The normalized spacial score (nSPS) is 11.9. The molecule has 17 heavy (non-hydrogen) atoms. The summed E-state index contributed by atoms with van der Waals surface area (Å²) < 4.78 is 10.4. The maximum absolute atomic E-state index is 11.5. The molecule has 0 saturated heterocycles. The minimum absolute atomic E-state index is 0.335. The Morgan fingerprint density at radius 3 is 2.71 bits per heavy atom. The first-order chi connectivity index (χ1) is 8.08. The van der Waals surface area contributed by atoms with Crippen LogP contribution < -0.4 is 10.5 Å². The zero-order chi connectivity index (χ0) is 12.8. The summed E-state index contributed by atoms with van der Waals surface area (Å²) >= 11 is 5.86. The number of ether oxygens (including phenoxy) is 2. The summed E-state index contributed by atoms with van der Waals surface area (Å²) in [7, 11) is 0. The number of carbonyl (C=O) groups is 1. The Balaban J connectivity index is 2.73. The molecule has 0 fully saturated rings. The lowest BCUT2D eigenvalue weighted by atomic mass is 10.2. The van der Waals surface area contributed by atoms with Crippen LogP contribution in [0.2, 0.25) is 5.02 Å². The average Bonchev–Trinajstić information content (AvgIpc) is 2.30. The third-order valence-corrected chi connectivity index (χ3v) is 2.50. The number of rotatable bonds is 5. The highest BCUT2D eigenvalue weighted by atomic mass is 35.5. The highest BCUT2D eigenvalue weighted by Gasteiger charge is 2.19. The third-order valence-electron chi connectivity index (χ3n) is 2.17. The van der Waals surface area contributed by atoms with Gasteiger partial charge < -0.3 is 15.2 Å². The molecule has 2 N–H and O–H groups in total. The Kier molecular flexibility index (Phi) is 5.10. The molecule has 1 aromatic carbocycles. The molecular formula is C12H16ClNO3. The van der Waals surface area contributed by atoms with Crippen molar-refractivity contribution in [3.63, 3.8) is 0 Å². The van der Waals surface area contributed by atoms with Gasteiger partial charge in [-0.25, -0.2) is 4.79 Å². The number of benzene rings is 1. The van der Waals surface area contributed by atoms with E-state index in [0.717, 1.165) is 0 Å². The van der Waals surface area contributed by atoms with E-state index in [0.29, 0.717) is 29.5 Å². The summed E-state index contributed by atoms with van der Waals surface area (Å²) in [6, 6.07) is 4.89. The highest BCUT2D eigenvalue weighted by molar-refractivity contribution is 6.33. The van der Waals surface area contributed by atoms with Crippen molar-refractivity contribution >= 4 is 23.3 Å². The minimum Gasteiger partial charge on any atom is -0.479 e. The second kappa shape index (κ2) is 6.35. The van der Waals surface area contributed by atoms with E-state index in [2.05, 4.69) is 0 Å². The van der Waals surface area contributed by atoms with Gasteiger partial charge in [-0.1, -0.05) is 18.5 Å². The van der Waals surface area contributed by atoms with E-state index in [1.165, 1.54) is 0 Å². The Bertz CT molecular complexity index is 395. The zero-order valence-corrected chi connectivity index (χ0v) is 10.7. The molecule has 0 saturated carbocycles. The second-order valence-corrected chi connectivity index (χ2v) is 3.86. The van der Waals surface area contributed by atoms with Crippen molar-refractivity contribution in [3.8, 4) is 5.75 Å². The predicted molar refractivity (Wildman–Crippen MR) is 67.2 cm³/mol. The number of hydrogen-bond acceptors (Lipinski definition) is 4. The quantitative estimate of drug-likeness (QED) is 0.651. The summed E-state index contributed by atoms with van der Waals surface area (Å²) in [4.78, 5) is 11.5. The number of nitrogen functional groups attached to an aromatic ring is 1. The smallest absolute Gasteiger partial charge is 0.347 e. The van der Waals surface area contributed by atoms with Gasteiger partial charge >= 0.3 is 5.97 Å². The summed E-state index contributed by atoms with van der Waals surface area (Å²) in [5.41, 5.74) is 6.06. The first-order valence-corrected chi connectivity index (χ1v) is 5.84. The standard InChI is InChI=1S/C12H16ClNO3/c1-3-11(12(15)16-4-2)17-8-5-6-10(14)9(13)7-8/h5-7,11H,3-4,14H2,1-2H3.